The minimum Gasteiger partial charge on any atom is -0.452 e. The van der Waals surface area contributed by atoms with Crippen LogP contribution in [0.4, 0.5) is 0 Å². The predicted octanol–water partition coefficient (Wildman–Crippen LogP) is 2.99. The van der Waals surface area contributed by atoms with Crippen molar-refractivity contribution in [1.82, 2.24) is 14.7 Å². The van der Waals surface area contributed by atoms with Crippen molar-refractivity contribution in [2.75, 3.05) is 19.7 Å². The average Bonchev–Trinajstić information content (AvgIpc) is 2.94. The van der Waals surface area contributed by atoms with Crippen LogP contribution in [0.15, 0.2) is 24.3 Å². The number of aromatic nitrogens is 2. The number of carbonyl (C=O) groups is 2. The maximum atomic E-state index is 12.6. The van der Waals surface area contributed by atoms with Crippen molar-refractivity contribution >= 4 is 23.5 Å². The lowest BCUT2D eigenvalue weighted by atomic mass is 10.2. The molecule has 1 saturated heterocycles. The van der Waals surface area contributed by atoms with Gasteiger partial charge in [-0.15, -0.1) is 0 Å². The van der Waals surface area contributed by atoms with E-state index < -0.39 is 5.97 Å². The third kappa shape index (κ3) is 4.97. The molecule has 0 N–H and O–H groups in total. The fraction of sp³-hybridized carbons (Fsp3) is 0.476. The second kappa shape index (κ2) is 8.97. The van der Waals surface area contributed by atoms with Crippen LogP contribution in [-0.4, -0.2) is 58.5 Å². The SMILES string of the molecule is Cc1nn(Cc2ccccc2Cl)c(C)c1C(=O)OCC(=O)N1C[C@@H](C)O[C@@H](C)C1. The van der Waals surface area contributed by atoms with Gasteiger partial charge in [-0.25, -0.2) is 4.79 Å². The molecule has 29 heavy (non-hydrogen) atoms. The summed E-state index contributed by atoms with van der Waals surface area (Å²) in [5.74, 6) is -0.771. The largest absolute Gasteiger partial charge is 0.452 e. The third-order valence-electron chi connectivity index (χ3n) is 4.96. The highest BCUT2D eigenvalue weighted by atomic mass is 35.5. The van der Waals surface area contributed by atoms with Gasteiger partial charge in [0, 0.05) is 18.1 Å². The first-order valence-corrected chi connectivity index (χ1v) is 10.0. The number of amides is 1. The second-order valence-corrected chi connectivity index (χ2v) is 7.83. The zero-order chi connectivity index (χ0) is 21.1. The van der Waals surface area contributed by atoms with Gasteiger partial charge >= 0.3 is 5.97 Å². The summed E-state index contributed by atoms with van der Waals surface area (Å²) < 4.78 is 12.7. The molecule has 1 aromatic heterocycles. The molecule has 8 heteroatoms. The zero-order valence-electron chi connectivity index (χ0n) is 17.1. The Kier molecular flexibility index (Phi) is 6.59. The third-order valence-corrected chi connectivity index (χ3v) is 5.33. The van der Waals surface area contributed by atoms with Gasteiger partial charge in [0.25, 0.3) is 5.91 Å². The van der Waals surface area contributed by atoms with Gasteiger partial charge in [0.1, 0.15) is 5.56 Å². The van der Waals surface area contributed by atoms with E-state index >= 15 is 0 Å². The molecule has 2 atom stereocenters. The lowest BCUT2D eigenvalue weighted by Crippen LogP contribution is -2.49. The van der Waals surface area contributed by atoms with E-state index in [-0.39, 0.29) is 24.7 Å². The minimum atomic E-state index is -0.548. The van der Waals surface area contributed by atoms with E-state index in [1.54, 1.807) is 23.4 Å². The van der Waals surface area contributed by atoms with Crippen molar-refractivity contribution in [2.45, 2.75) is 46.4 Å². The highest BCUT2D eigenvalue weighted by Gasteiger charge is 2.27. The number of carbonyl (C=O) groups excluding carboxylic acids is 2. The summed E-state index contributed by atoms with van der Waals surface area (Å²) in [7, 11) is 0. The number of aryl methyl sites for hydroxylation is 1. The van der Waals surface area contributed by atoms with E-state index in [0.717, 1.165) is 5.56 Å². The van der Waals surface area contributed by atoms with E-state index in [9.17, 15) is 9.59 Å². The van der Waals surface area contributed by atoms with Crippen molar-refractivity contribution in [2.24, 2.45) is 0 Å². The molecule has 0 unspecified atom stereocenters. The van der Waals surface area contributed by atoms with E-state index in [1.165, 1.54) is 0 Å². The summed E-state index contributed by atoms with van der Waals surface area (Å²) >= 11 is 6.23. The van der Waals surface area contributed by atoms with Crippen LogP contribution in [-0.2, 0) is 20.8 Å². The number of rotatable bonds is 5. The fourth-order valence-electron chi connectivity index (χ4n) is 3.61. The van der Waals surface area contributed by atoms with Gasteiger partial charge in [0.2, 0.25) is 0 Å². The Labute approximate surface area is 175 Å². The van der Waals surface area contributed by atoms with Crippen molar-refractivity contribution < 1.29 is 19.1 Å². The molecule has 0 saturated carbocycles. The van der Waals surface area contributed by atoms with Crippen LogP contribution in [0.25, 0.3) is 0 Å². The number of morpholine rings is 1. The van der Waals surface area contributed by atoms with Gasteiger partial charge in [-0.1, -0.05) is 29.8 Å². The van der Waals surface area contributed by atoms with Crippen molar-refractivity contribution in [3.05, 3.63) is 51.8 Å². The van der Waals surface area contributed by atoms with Crippen LogP contribution in [0.5, 0.6) is 0 Å². The number of ether oxygens (including phenoxy) is 2. The summed E-state index contributed by atoms with van der Waals surface area (Å²) in [6.07, 6.45) is -0.0723. The summed E-state index contributed by atoms with van der Waals surface area (Å²) in [6, 6.07) is 7.50. The molecule has 1 aromatic carbocycles. The number of hydrogen-bond donors (Lipinski definition) is 0. The van der Waals surface area contributed by atoms with Crippen LogP contribution < -0.4 is 0 Å². The van der Waals surface area contributed by atoms with E-state index in [1.807, 2.05) is 38.1 Å². The molecule has 1 fully saturated rings. The lowest BCUT2D eigenvalue weighted by molar-refractivity contribution is -0.146. The fourth-order valence-corrected chi connectivity index (χ4v) is 3.80. The molecule has 0 bridgehead atoms. The standard InChI is InChI=1S/C21H26ClN3O4/c1-13-9-24(10-14(2)29-13)19(26)12-28-21(27)20-15(3)23-25(16(20)4)11-17-7-5-6-8-18(17)22/h5-8,13-14H,9-12H2,1-4H3/t13-,14+. The Morgan fingerprint density at radius 2 is 1.86 bits per heavy atom. The monoisotopic (exact) mass is 419 g/mol. The molecular formula is C21H26ClN3O4. The Balaban J connectivity index is 1.66. The quantitative estimate of drug-likeness (QED) is 0.696. The maximum absolute atomic E-state index is 12.6. The van der Waals surface area contributed by atoms with E-state index in [2.05, 4.69) is 5.10 Å². The van der Waals surface area contributed by atoms with Gasteiger partial charge in [0.15, 0.2) is 6.61 Å². The Bertz CT molecular complexity index is 901. The van der Waals surface area contributed by atoms with Gasteiger partial charge < -0.3 is 14.4 Å². The predicted molar refractivity (Wildman–Crippen MR) is 109 cm³/mol. The molecule has 1 aliphatic rings. The second-order valence-electron chi connectivity index (χ2n) is 7.43. The molecule has 0 aliphatic carbocycles. The number of hydrogen-bond acceptors (Lipinski definition) is 5. The molecular weight excluding hydrogens is 394 g/mol. The van der Waals surface area contributed by atoms with Crippen LogP contribution in [0.2, 0.25) is 5.02 Å². The maximum Gasteiger partial charge on any atom is 0.342 e. The summed E-state index contributed by atoms with van der Waals surface area (Å²) in [5, 5.41) is 5.09. The molecule has 1 aliphatic heterocycles. The average molecular weight is 420 g/mol. The topological polar surface area (TPSA) is 73.7 Å². The van der Waals surface area contributed by atoms with Crippen LogP contribution in [0, 0.1) is 13.8 Å². The molecule has 2 heterocycles. The first-order valence-electron chi connectivity index (χ1n) is 9.64. The smallest absolute Gasteiger partial charge is 0.342 e. The Morgan fingerprint density at radius 3 is 2.52 bits per heavy atom. The number of esters is 1. The van der Waals surface area contributed by atoms with Crippen LogP contribution >= 0.6 is 11.6 Å². The highest BCUT2D eigenvalue weighted by Crippen LogP contribution is 2.20. The van der Waals surface area contributed by atoms with Gasteiger partial charge in [-0.3, -0.25) is 9.48 Å². The molecule has 0 radical (unpaired) electrons. The van der Waals surface area contributed by atoms with Crippen LogP contribution in [0.3, 0.4) is 0 Å². The molecule has 7 nitrogen and oxygen atoms in total. The molecule has 3 rings (SSSR count). The zero-order valence-corrected chi connectivity index (χ0v) is 17.9. The van der Waals surface area contributed by atoms with Crippen LogP contribution in [0.1, 0.15) is 41.2 Å². The number of nitrogens with zero attached hydrogens (tertiary/aromatic N) is 3. The summed E-state index contributed by atoms with van der Waals surface area (Å²) in [5.41, 5.74) is 2.52. The molecule has 0 spiro atoms. The van der Waals surface area contributed by atoms with E-state index in [0.29, 0.717) is 41.6 Å². The lowest BCUT2D eigenvalue weighted by Gasteiger charge is -2.35. The molecule has 156 valence electrons. The van der Waals surface area contributed by atoms with Crippen molar-refractivity contribution in [3.63, 3.8) is 0 Å². The van der Waals surface area contributed by atoms with Crippen molar-refractivity contribution in [1.29, 1.82) is 0 Å². The first-order chi connectivity index (χ1) is 13.8. The van der Waals surface area contributed by atoms with Crippen molar-refractivity contribution in [3.8, 4) is 0 Å². The highest BCUT2D eigenvalue weighted by molar-refractivity contribution is 6.31. The van der Waals surface area contributed by atoms with Gasteiger partial charge in [-0.2, -0.15) is 5.10 Å². The minimum absolute atomic E-state index is 0.0362. The van der Waals surface area contributed by atoms with E-state index in [4.69, 9.17) is 21.1 Å². The Morgan fingerprint density at radius 1 is 1.21 bits per heavy atom. The summed E-state index contributed by atoms with van der Waals surface area (Å²) in [4.78, 5) is 26.7. The normalized spacial score (nSPS) is 19.3. The van der Waals surface area contributed by atoms with Gasteiger partial charge in [0.05, 0.1) is 30.1 Å². The summed E-state index contributed by atoms with van der Waals surface area (Å²) in [6.45, 7) is 8.53. The Hall–Kier alpha value is -2.38. The molecule has 1 amide bonds. The van der Waals surface area contributed by atoms with Gasteiger partial charge in [-0.05, 0) is 39.3 Å². The molecule has 2 aromatic rings. The number of halogens is 1. The number of benzene rings is 1. The first kappa shape index (κ1) is 21.3.